The average molecular weight is 729 g/mol. The lowest BCUT2D eigenvalue weighted by molar-refractivity contribution is 0.660. The van der Waals surface area contributed by atoms with Crippen LogP contribution in [0.25, 0.3) is 71.6 Å². The predicted molar refractivity (Wildman–Crippen MR) is 241 cm³/mol. The SMILES string of the molecule is CC1(C)c2ccccc2-c2ccc(N(c3ccccc3)c3ccc(-c4ccccc4-n4c5ccccc5c5cccc(-c6ccc7ccccc7c6)c54)cc3)cc21. The number of aromatic nitrogens is 1. The van der Waals surface area contributed by atoms with Crippen LogP contribution in [0.3, 0.4) is 0 Å². The third-order valence-corrected chi connectivity index (χ3v) is 12.2. The topological polar surface area (TPSA) is 8.17 Å². The van der Waals surface area contributed by atoms with E-state index < -0.39 is 0 Å². The summed E-state index contributed by atoms with van der Waals surface area (Å²) in [7, 11) is 0. The molecule has 0 unspecified atom stereocenters. The molecule has 0 saturated heterocycles. The molecule has 0 saturated carbocycles. The molecule has 0 radical (unpaired) electrons. The highest BCUT2D eigenvalue weighted by Gasteiger charge is 2.35. The zero-order valence-electron chi connectivity index (χ0n) is 32.0. The summed E-state index contributed by atoms with van der Waals surface area (Å²) < 4.78 is 2.49. The van der Waals surface area contributed by atoms with Gasteiger partial charge in [-0.25, -0.2) is 0 Å². The molecule has 11 rings (SSSR count). The van der Waals surface area contributed by atoms with Crippen LogP contribution in [-0.4, -0.2) is 4.57 Å². The quantitative estimate of drug-likeness (QED) is 0.165. The second kappa shape index (κ2) is 13.0. The predicted octanol–water partition coefficient (Wildman–Crippen LogP) is 15.0. The molecule has 0 fully saturated rings. The van der Waals surface area contributed by atoms with Gasteiger partial charge >= 0.3 is 0 Å². The van der Waals surface area contributed by atoms with Crippen molar-refractivity contribution in [3.8, 4) is 39.1 Å². The lowest BCUT2D eigenvalue weighted by atomic mass is 9.82. The van der Waals surface area contributed by atoms with Crippen LogP contribution in [0, 0.1) is 0 Å². The van der Waals surface area contributed by atoms with Gasteiger partial charge in [0.1, 0.15) is 0 Å². The van der Waals surface area contributed by atoms with Crippen LogP contribution >= 0.6 is 0 Å². The number of fused-ring (bicyclic) bond motifs is 7. The Hall–Kier alpha value is -7.16. The first-order valence-electron chi connectivity index (χ1n) is 19.9. The fraction of sp³-hybridized carbons (Fsp3) is 0.0545. The summed E-state index contributed by atoms with van der Waals surface area (Å²) in [5.41, 5.74) is 17.1. The fourth-order valence-corrected chi connectivity index (χ4v) is 9.42. The van der Waals surface area contributed by atoms with Gasteiger partial charge in [-0.15, -0.1) is 0 Å². The zero-order valence-corrected chi connectivity index (χ0v) is 32.0. The minimum Gasteiger partial charge on any atom is -0.310 e. The summed E-state index contributed by atoms with van der Waals surface area (Å²) in [6, 6.07) is 75.6. The van der Waals surface area contributed by atoms with E-state index in [0.717, 1.165) is 22.7 Å². The van der Waals surface area contributed by atoms with Gasteiger partial charge in [0.25, 0.3) is 0 Å². The molecule has 57 heavy (non-hydrogen) atoms. The van der Waals surface area contributed by atoms with Crippen molar-refractivity contribution in [2.45, 2.75) is 19.3 Å². The summed E-state index contributed by atoms with van der Waals surface area (Å²) in [4.78, 5) is 2.39. The van der Waals surface area contributed by atoms with Gasteiger partial charge < -0.3 is 9.47 Å². The zero-order chi connectivity index (χ0) is 38.1. The monoisotopic (exact) mass is 728 g/mol. The molecular weight excluding hydrogens is 689 g/mol. The molecule has 1 aliphatic rings. The molecule has 1 aromatic heterocycles. The van der Waals surface area contributed by atoms with E-state index >= 15 is 0 Å². The molecule has 2 heteroatoms. The number of hydrogen-bond donors (Lipinski definition) is 0. The lowest BCUT2D eigenvalue weighted by Crippen LogP contribution is -2.16. The Morgan fingerprint density at radius 3 is 1.86 bits per heavy atom. The summed E-state index contributed by atoms with van der Waals surface area (Å²) in [5.74, 6) is 0. The highest BCUT2D eigenvalue weighted by Crippen LogP contribution is 2.51. The molecule has 0 N–H and O–H groups in total. The van der Waals surface area contributed by atoms with Crippen molar-refractivity contribution in [3.63, 3.8) is 0 Å². The molecule has 270 valence electrons. The van der Waals surface area contributed by atoms with Crippen molar-refractivity contribution in [2.24, 2.45) is 0 Å². The second-order valence-electron chi connectivity index (χ2n) is 15.8. The first-order chi connectivity index (χ1) is 28.0. The molecular formula is C55H40N2. The van der Waals surface area contributed by atoms with Crippen LogP contribution < -0.4 is 4.90 Å². The Bertz CT molecular complexity index is 3150. The molecule has 10 aromatic rings. The van der Waals surface area contributed by atoms with Gasteiger partial charge in [0.05, 0.1) is 16.7 Å². The standard InChI is InChI=1S/C55H40N2/c1-55(2)50-24-11-8-20-46(50)47-34-33-43(36-51(47)55)56(41-17-4-3-5-18-41)42-31-29-38(30-32-42)44-19-9-12-25-52(44)57-53-26-13-10-21-48(53)49-23-14-22-45(54(49)57)40-28-27-37-15-6-7-16-39(37)35-40/h3-36H,1-2H3. The third kappa shape index (κ3) is 5.25. The Balaban J connectivity index is 1.05. The maximum absolute atomic E-state index is 2.49. The van der Waals surface area contributed by atoms with E-state index in [4.69, 9.17) is 0 Å². The molecule has 0 amide bonds. The van der Waals surface area contributed by atoms with Crippen molar-refractivity contribution in [1.29, 1.82) is 0 Å². The van der Waals surface area contributed by atoms with Gasteiger partial charge in [-0.2, -0.15) is 0 Å². The number of hydrogen-bond acceptors (Lipinski definition) is 1. The Morgan fingerprint density at radius 2 is 1.00 bits per heavy atom. The van der Waals surface area contributed by atoms with E-state index in [9.17, 15) is 0 Å². The molecule has 9 aromatic carbocycles. The molecule has 2 nitrogen and oxygen atoms in total. The summed E-state index contributed by atoms with van der Waals surface area (Å²) in [6.45, 7) is 4.70. The van der Waals surface area contributed by atoms with Crippen LogP contribution in [0.2, 0.25) is 0 Å². The minimum atomic E-state index is -0.0845. The van der Waals surface area contributed by atoms with Crippen LogP contribution in [0.5, 0.6) is 0 Å². The first-order valence-corrected chi connectivity index (χ1v) is 19.9. The van der Waals surface area contributed by atoms with E-state index in [2.05, 4.69) is 230 Å². The number of rotatable bonds is 6. The molecule has 0 atom stereocenters. The lowest BCUT2D eigenvalue weighted by Gasteiger charge is -2.28. The van der Waals surface area contributed by atoms with Crippen molar-refractivity contribution in [3.05, 3.63) is 217 Å². The molecule has 0 bridgehead atoms. The van der Waals surface area contributed by atoms with E-state index in [1.807, 2.05) is 0 Å². The highest BCUT2D eigenvalue weighted by atomic mass is 15.1. The number of nitrogens with zero attached hydrogens (tertiary/aromatic N) is 2. The van der Waals surface area contributed by atoms with Gasteiger partial charge in [-0.05, 0) is 98.8 Å². The van der Waals surface area contributed by atoms with Gasteiger partial charge in [-0.3, -0.25) is 0 Å². The van der Waals surface area contributed by atoms with E-state index in [1.54, 1.807) is 0 Å². The Kier molecular flexibility index (Phi) is 7.55. The molecule has 1 aliphatic carbocycles. The van der Waals surface area contributed by atoms with E-state index in [0.29, 0.717) is 0 Å². The Labute approximate surface area is 333 Å². The largest absolute Gasteiger partial charge is 0.310 e. The van der Waals surface area contributed by atoms with E-state index in [-0.39, 0.29) is 5.41 Å². The third-order valence-electron chi connectivity index (χ3n) is 12.2. The first kappa shape index (κ1) is 33.2. The molecule has 0 aliphatic heterocycles. The fourth-order valence-electron chi connectivity index (χ4n) is 9.42. The number of benzene rings is 9. The van der Waals surface area contributed by atoms with Crippen molar-refractivity contribution in [2.75, 3.05) is 4.90 Å². The van der Waals surface area contributed by atoms with Crippen molar-refractivity contribution >= 4 is 49.6 Å². The normalized spacial score (nSPS) is 12.9. The van der Waals surface area contributed by atoms with Crippen molar-refractivity contribution < 1.29 is 0 Å². The average Bonchev–Trinajstić information content (AvgIpc) is 3.72. The van der Waals surface area contributed by atoms with Gasteiger partial charge in [0, 0.05) is 44.4 Å². The Morgan fingerprint density at radius 1 is 0.386 bits per heavy atom. The van der Waals surface area contributed by atoms with Gasteiger partial charge in [-0.1, -0.05) is 166 Å². The maximum atomic E-state index is 2.49. The summed E-state index contributed by atoms with van der Waals surface area (Å²) >= 11 is 0. The van der Waals surface area contributed by atoms with Crippen LogP contribution in [0.1, 0.15) is 25.0 Å². The number of para-hydroxylation sites is 4. The summed E-state index contributed by atoms with van der Waals surface area (Å²) in [6.07, 6.45) is 0. The van der Waals surface area contributed by atoms with Crippen LogP contribution in [0.4, 0.5) is 17.1 Å². The van der Waals surface area contributed by atoms with Crippen LogP contribution in [0.15, 0.2) is 206 Å². The highest BCUT2D eigenvalue weighted by molar-refractivity contribution is 6.14. The maximum Gasteiger partial charge on any atom is 0.0619 e. The molecule has 0 spiro atoms. The van der Waals surface area contributed by atoms with Gasteiger partial charge in [0.2, 0.25) is 0 Å². The van der Waals surface area contributed by atoms with Crippen LogP contribution in [-0.2, 0) is 5.41 Å². The number of anilines is 3. The second-order valence-corrected chi connectivity index (χ2v) is 15.8. The van der Waals surface area contributed by atoms with E-state index in [1.165, 1.54) is 77.1 Å². The smallest absolute Gasteiger partial charge is 0.0619 e. The molecule has 1 heterocycles. The minimum absolute atomic E-state index is 0.0845. The van der Waals surface area contributed by atoms with Crippen molar-refractivity contribution in [1.82, 2.24) is 4.57 Å². The van der Waals surface area contributed by atoms with Gasteiger partial charge in [0.15, 0.2) is 0 Å². The summed E-state index contributed by atoms with van der Waals surface area (Å²) in [5, 5.41) is 4.99.